The number of aromatic amines is 1. The molecule has 138 valence electrons. The van der Waals surface area contributed by atoms with E-state index in [9.17, 15) is 9.90 Å². The van der Waals surface area contributed by atoms with Gasteiger partial charge in [-0.25, -0.2) is 0 Å². The molecule has 2 aromatic rings. The highest BCUT2D eigenvalue weighted by atomic mass is 16.3. The third-order valence-corrected chi connectivity index (χ3v) is 5.66. The Morgan fingerprint density at radius 2 is 1.88 bits per heavy atom. The van der Waals surface area contributed by atoms with Crippen molar-refractivity contribution >= 4 is 5.91 Å². The molecule has 2 aliphatic carbocycles. The zero-order valence-corrected chi connectivity index (χ0v) is 15.1. The molecule has 0 spiro atoms. The summed E-state index contributed by atoms with van der Waals surface area (Å²) in [7, 11) is 0. The molecule has 0 radical (unpaired) electrons. The number of aliphatic hydroxyl groups is 1. The minimum absolute atomic E-state index is 0.0602. The first-order chi connectivity index (χ1) is 12.7. The predicted molar refractivity (Wildman–Crippen MR) is 99.9 cm³/mol. The van der Waals surface area contributed by atoms with Crippen LogP contribution in [-0.4, -0.2) is 38.7 Å². The van der Waals surface area contributed by atoms with Crippen molar-refractivity contribution in [1.29, 1.82) is 0 Å². The number of H-pyrrole nitrogens is 1. The number of hydrogen-bond donors (Lipinski definition) is 2. The lowest BCUT2D eigenvalue weighted by Crippen LogP contribution is -2.44. The fourth-order valence-electron chi connectivity index (χ4n) is 3.95. The van der Waals surface area contributed by atoms with Crippen molar-refractivity contribution in [3.63, 3.8) is 0 Å². The van der Waals surface area contributed by atoms with Crippen molar-refractivity contribution < 1.29 is 9.90 Å². The van der Waals surface area contributed by atoms with E-state index in [0.717, 1.165) is 36.9 Å². The summed E-state index contributed by atoms with van der Waals surface area (Å²) >= 11 is 0. The second-order valence-electron chi connectivity index (χ2n) is 7.66. The summed E-state index contributed by atoms with van der Waals surface area (Å²) in [6.07, 6.45) is 7.20. The van der Waals surface area contributed by atoms with Crippen LogP contribution in [-0.2, 0) is 0 Å². The van der Waals surface area contributed by atoms with E-state index >= 15 is 0 Å². The molecule has 26 heavy (non-hydrogen) atoms. The van der Waals surface area contributed by atoms with Gasteiger partial charge in [0.15, 0.2) is 0 Å². The van der Waals surface area contributed by atoms with Gasteiger partial charge in [-0.15, -0.1) is 0 Å². The van der Waals surface area contributed by atoms with Crippen LogP contribution in [0.25, 0.3) is 0 Å². The van der Waals surface area contributed by atoms with Gasteiger partial charge >= 0.3 is 0 Å². The smallest absolute Gasteiger partial charge is 0.274 e. The van der Waals surface area contributed by atoms with Gasteiger partial charge in [0.1, 0.15) is 5.69 Å². The molecular formula is C21H27N3O2. The molecule has 4 rings (SSSR count). The molecule has 1 amide bonds. The van der Waals surface area contributed by atoms with Gasteiger partial charge < -0.3 is 10.0 Å². The number of amides is 1. The van der Waals surface area contributed by atoms with Gasteiger partial charge in [-0.05, 0) is 37.3 Å². The third-order valence-electron chi connectivity index (χ3n) is 5.66. The zero-order chi connectivity index (χ0) is 17.9. The van der Waals surface area contributed by atoms with Gasteiger partial charge in [0, 0.05) is 17.7 Å². The summed E-state index contributed by atoms with van der Waals surface area (Å²) in [5.41, 5.74) is 2.40. The number of aromatic nitrogens is 2. The third kappa shape index (κ3) is 3.83. The molecule has 1 atom stereocenters. The van der Waals surface area contributed by atoms with E-state index in [4.69, 9.17) is 0 Å². The van der Waals surface area contributed by atoms with E-state index in [1.54, 1.807) is 0 Å². The van der Waals surface area contributed by atoms with Crippen LogP contribution in [0.4, 0.5) is 0 Å². The summed E-state index contributed by atoms with van der Waals surface area (Å²) in [6.45, 7) is 0.319. The van der Waals surface area contributed by atoms with Gasteiger partial charge in [0.05, 0.1) is 12.6 Å². The van der Waals surface area contributed by atoms with Crippen LogP contribution in [0.5, 0.6) is 0 Å². The number of rotatable bonds is 6. The fourth-order valence-corrected chi connectivity index (χ4v) is 3.95. The largest absolute Gasteiger partial charge is 0.387 e. The Morgan fingerprint density at radius 1 is 1.15 bits per heavy atom. The van der Waals surface area contributed by atoms with E-state index in [1.807, 2.05) is 41.3 Å². The van der Waals surface area contributed by atoms with Crippen LogP contribution in [0.2, 0.25) is 0 Å². The highest BCUT2D eigenvalue weighted by Gasteiger charge is 2.31. The van der Waals surface area contributed by atoms with Crippen molar-refractivity contribution in [1.82, 2.24) is 15.1 Å². The second kappa shape index (κ2) is 7.62. The Bertz CT molecular complexity index is 733. The number of hydrogen-bond acceptors (Lipinski definition) is 3. The normalized spacial score (nSPS) is 19.3. The first-order valence-corrected chi connectivity index (χ1v) is 9.81. The molecule has 1 aromatic heterocycles. The Labute approximate surface area is 154 Å². The number of benzene rings is 1. The summed E-state index contributed by atoms with van der Waals surface area (Å²) in [5.74, 6) is 0.483. The number of nitrogens with zero attached hydrogens (tertiary/aromatic N) is 2. The average molecular weight is 353 g/mol. The zero-order valence-electron chi connectivity index (χ0n) is 15.1. The lowest BCUT2D eigenvalue weighted by atomic mass is 9.93. The van der Waals surface area contributed by atoms with Gasteiger partial charge in [-0.2, -0.15) is 5.10 Å². The van der Waals surface area contributed by atoms with Gasteiger partial charge in [-0.3, -0.25) is 9.89 Å². The minimum atomic E-state index is -0.677. The van der Waals surface area contributed by atoms with Crippen molar-refractivity contribution in [2.75, 3.05) is 6.54 Å². The van der Waals surface area contributed by atoms with Crippen LogP contribution >= 0.6 is 0 Å². The quantitative estimate of drug-likeness (QED) is 0.830. The lowest BCUT2D eigenvalue weighted by molar-refractivity contribution is 0.0449. The summed E-state index contributed by atoms with van der Waals surface area (Å²) in [4.78, 5) is 15.1. The van der Waals surface area contributed by atoms with Crippen LogP contribution in [0.1, 0.15) is 78.7 Å². The van der Waals surface area contributed by atoms with E-state index in [2.05, 4.69) is 10.2 Å². The molecule has 2 fully saturated rings. The standard InChI is InChI=1S/C21H27N3O2/c25-20(16-7-3-1-4-8-16)14-24(17-9-5-2-6-10-17)21(26)19-13-18(22-23-19)15-11-12-15/h1,3-4,7-8,13,15,17,20,25H,2,5-6,9-12,14H2,(H,22,23). The highest BCUT2D eigenvalue weighted by molar-refractivity contribution is 5.92. The summed E-state index contributed by atoms with van der Waals surface area (Å²) in [5, 5.41) is 18.0. The molecule has 0 bridgehead atoms. The van der Waals surface area contributed by atoms with Crippen LogP contribution in [0.3, 0.4) is 0 Å². The Balaban J connectivity index is 1.53. The van der Waals surface area contributed by atoms with Crippen LogP contribution < -0.4 is 0 Å². The highest BCUT2D eigenvalue weighted by Crippen LogP contribution is 2.39. The molecule has 1 aromatic carbocycles. The minimum Gasteiger partial charge on any atom is -0.387 e. The molecule has 2 aliphatic rings. The van der Waals surface area contributed by atoms with Crippen LogP contribution in [0, 0.1) is 0 Å². The second-order valence-corrected chi connectivity index (χ2v) is 7.66. The van der Waals surface area contributed by atoms with E-state index in [-0.39, 0.29) is 11.9 Å². The van der Waals surface area contributed by atoms with Crippen molar-refractivity contribution in [3.8, 4) is 0 Å². The molecule has 0 saturated heterocycles. The van der Waals surface area contributed by atoms with Gasteiger partial charge in [-0.1, -0.05) is 49.6 Å². The topological polar surface area (TPSA) is 69.2 Å². The fraction of sp³-hybridized carbons (Fsp3) is 0.524. The molecule has 2 saturated carbocycles. The first kappa shape index (κ1) is 17.3. The predicted octanol–water partition coefficient (Wildman–Crippen LogP) is 3.80. The lowest BCUT2D eigenvalue weighted by Gasteiger charge is -2.35. The number of carbonyl (C=O) groups is 1. The Kier molecular flexibility index (Phi) is 5.07. The summed E-state index contributed by atoms with van der Waals surface area (Å²) < 4.78 is 0. The maximum absolute atomic E-state index is 13.2. The molecule has 5 nitrogen and oxygen atoms in total. The Hall–Kier alpha value is -2.14. The molecule has 1 heterocycles. The maximum Gasteiger partial charge on any atom is 0.274 e. The average Bonchev–Trinajstić information content (AvgIpc) is 3.43. The van der Waals surface area contributed by atoms with Crippen molar-refractivity contribution in [2.45, 2.75) is 63.0 Å². The molecule has 1 unspecified atom stereocenters. The summed E-state index contributed by atoms with van der Waals surface area (Å²) in [6, 6.07) is 11.7. The SMILES string of the molecule is O=C(c1cc(C2CC2)[nH]n1)N(CC(O)c1ccccc1)C1CCCCC1. The Morgan fingerprint density at radius 3 is 2.58 bits per heavy atom. The molecular weight excluding hydrogens is 326 g/mol. The number of nitrogens with one attached hydrogen (secondary N) is 1. The molecule has 2 N–H and O–H groups in total. The number of aliphatic hydroxyl groups excluding tert-OH is 1. The maximum atomic E-state index is 13.2. The van der Waals surface area contributed by atoms with Crippen molar-refractivity contribution in [3.05, 3.63) is 53.3 Å². The molecule has 0 aliphatic heterocycles. The van der Waals surface area contributed by atoms with Gasteiger partial charge in [0.2, 0.25) is 0 Å². The number of carbonyl (C=O) groups excluding carboxylic acids is 1. The first-order valence-electron chi connectivity index (χ1n) is 9.81. The monoisotopic (exact) mass is 353 g/mol. The molecule has 5 heteroatoms. The van der Waals surface area contributed by atoms with E-state index in [0.29, 0.717) is 18.2 Å². The van der Waals surface area contributed by atoms with Gasteiger partial charge in [0.25, 0.3) is 5.91 Å². The van der Waals surface area contributed by atoms with E-state index in [1.165, 1.54) is 19.3 Å². The van der Waals surface area contributed by atoms with E-state index < -0.39 is 6.10 Å². The van der Waals surface area contributed by atoms with Crippen LogP contribution in [0.15, 0.2) is 36.4 Å². The van der Waals surface area contributed by atoms with Crippen molar-refractivity contribution in [2.24, 2.45) is 0 Å².